The zero-order valence-electron chi connectivity index (χ0n) is 9.49. The molecule has 3 unspecified atom stereocenters. The van der Waals surface area contributed by atoms with E-state index in [1.54, 1.807) is 0 Å². The van der Waals surface area contributed by atoms with E-state index in [1.807, 2.05) is 11.3 Å². The lowest BCUT2D eigenvalue weighted by Crippen LogP contribution is -2.35. The van der Waals surface area contributed by atoms with Crippen molar-refractivity contribution >= 4 is 11.3 Å². The Hall–Kier alpha value is -0.340. The third-order valence-corrected chi connectivity index (χ3v) is 4.58. The standard InChI is InChI=1S/C13H21NS/c1-10-4-7-13(14)11(9-10)5-6-12-3-2-8-15-12/h2-3,8,10-11,13H,4-7,9,14H2,1H3. The van der Waals surface area contributed by atoms with E-state index in [-0.39, 0.29) is 0 Å². The molecule has 3 atom stereocenters. The Morgan fingerprint density at radius 1 is 1.47 bits per heavy atom. The van der Waals surface area contributed by atoms with E-state index in [1.165, 1.54) is 37.0 Å². The van der Waals surface area contributed by atoms with Crippen LogP contribution in [-0.2, 0) is 6.42 Å². The molecule has 15 heavy (non-hydrogen) atoms. The average Bonchev–Trinajstić information content (AvgIpc) is 2.72. The number of nitrogens with two attached hydrogens (primary N) is 1. The van der Waals surface area contributed by atoms with Gasteiger partial charge in [0.25, 0.3) is 0 Å². The van der Waals surface area contributed by atoms with E-state index in [0.717, 1.165) is 11.8 Å². The molecule has 0 aliphatic heterocycles. The summed E-state index contributed by atoms with van der Waals surface area (Å²) in [7, 11) is 0. The van der Waals surface area contributed by atoms with Gasteiger partial charge in [0.15, 0.2) is 0 Å². The van der Waals surface area contributed by atoms with Gasteiger partial charge in [-0.1, -0.05) is 13.0 Å². The Morgan fingerprint density at radius 3 is 3.07 bits per heavy atom. The maximum atomic E-state index is 6.18. The summed E-state index contributed by atoms with van der Waals surface area (Å²) in [5.41, 5.74) is 6.18. The Bertz CT molecular complexity index is 281. The first-order valence-corrected chi connectivity index (χ1v) is 6.91. The van der Waals surface area contributed by atoms with Gasteiger partial charge in [0.1, 0.15) is 0 Å². The highest BCUT2D eigenvalue weighted by Gasteiger charge is 2.25. The van der Waals surface area contributed by atoms with Crippen LogP contribution in [0, 0.1) is 11.8 Å². The number of rotatable bonds is 3. The lowest BCUT2D eigenvalue weighted by molar-refractivity contribution is 0.235. The molecule has 0 bridgehead atoms. The summed E-state index contributed by atoms with van der Waals surface area (Å²) in [5.74, 6) is 1.65. The minimum Gasteiger partial charge on any atom is -0.327 e. The Labute approximate surface area is 96.7 Å². The summed E-state index contributed by atoms with van der Waals surface area (Å²) >= 11 is 1.87. The average molecular weight is 223 g/mol. The predicted molar refractivity (Wildman–Crippen MR) is 67.1 cm³/mol. The molecule has 2 N–H and O–H groups in total. The maximum absolute atomic E-state index is 6.18. The summed E-state index contributed by atoms with van der Waals surface area (Å²) in [5, 5.41) is 2.17. The molecule has 1 nitrogen and oxygen atoms in total. The fourth-order valence-corrected chi connectivity index (χ4v) is 3.36. The summed E-state index contributed by atoms with van der Waals surface area (Å²) in [6.45, 7) is 2.37. The lowest BCUT2D eigenvalue weighted by atomic mass is 9.77. The van der Waals surface area contributed by atoms with Crippen LogP contribution in [0.25, 0.3) is 0 Å². The first kappa shape index (κ1) is 11.2. The fraction of sp³-hybridized carbons (Fsp3) is 0.692. The van der Waals surface area contributed by atoms with Crippen molar-refractivity contribution in [2.45, 2.75) is 45.1 Å². The first-order chi connectivity index (χ1) is 7.25. The highest BCUT2D eigenvalue weighted by Crippen LogP contribution is 2.31. The minimum absolute atomic E-state index is 0.459. The summed E-state index contributed by atoms with van der Waals surface area (Å²) in [6.07, 6.45) is 6.41. The molecule has 0 amide bonds. The van der Waals surface area contributed by atoms with E-state index < -0.39 is 0 Å². The Morgan fingerprint density at radius 2 is 2.33 bits per heavy atom. The van der Waals surface area contributed by atoms with Crippen molar-refractivity contribution < 1.29 is 0 Å². The van der Waals surface area contributed by atoms with Crippen LogP contribution in [0.1, 0.15) is 37.5 Å². The van der Waals surface area contributed by atoms with Gasteiger partial charge in [0.2, 0.25) is 0 Å². The summed E-state index contributed by atoms with van der Waals surface area (Å²) in [6, 6.07) is 4.84. The second-order valence-corrected chi connectivity index (χ2v) is 5.99. The molecule has 2 heteroatoms. The molecular formula is C13H21NS. The van der Waals surface area contributed by atoms with Crippen molar-refractivity contribution in [3.63, 3.8) is 0 Å². The number of hydrogen-bond donors (Lipinski definition) is 1. The molecule has 1 aromatic heterocycles. The molecule has 1 aromatic rings. The van der Waals surface area contributed by atoms with Crippen LogP contribution < -0.4 is 5.73 Å². The smallest absolute Gasteiger partial charge is 0.00674 e. The maximum Gasteiger partial charge on any atom is 0.00674 e. The van der Waals surface area contributed by atoms with Gasteiger partial charge in [-0.2, -0.15) is 0 Å². The molecule has 0 spiro atoms. The van der Waals surface area contributed by atoms with Crippen LogP contribution in [0.4, 0.5) is 0 Å². The molecule has 0 saturated heterocycles. The molecule has 0 radical (unpaired) electrons. The van der Waals surface area contributed by atoms with Crippen LogP contribution in [0.3, 0.4) is 0 Å². The SMILES string of the molecule is CC1CCC(N)C(CCc2cccs2)C1. The highest BCUT2D eigenvalue weighted by atomic mass is 32.1. The third kappa shape index (κ3) is 3.05. The van der Waals surface area contributed by atoms with Gasteiger partial charge < -0.3 is 5.73 Å². The zero-order chi connectivity index (χ0) is 10.7. The Balaban J connectivity index is 1.82. The molecule has 1 fully saturated rings. The second-order valence-electron chi connectivity index (χ2n) is 4.96. The van der Waals surface area contributed by atoms with Crippen LogP contribution in [0.2, 0.25) is 0 Å². The number of thiophene rings is 1. The van der Waals surface area contributed by atoms with Crippen molar-refractivity contribution in [2.24, 2.45) is 17.6 Å². The van der Waals surface area contributed by atoms with Crippen molar-refractivity contribution in [3.8, 4) is 0 Å². The number of hydrogen-bond acceptors (Lipinski definition) is 2. The highest BCUT2D eigenvalue weighted by molar-refractivity contribution is 7.09. The molecule has 84 valence electrons. The Kier molecular flexibility index (Phi) is 3.81. The molecule has 2 rings (SSSR count). The van der Waals surface area contributed by atoms with Gasteiger partial charge in [0.05, 0.1) is 0 Å². The van der Waals surface area contributed by atoms with Crippen LogP contribution in [0.15, 0.2) is 17.5 Å². The lowest BCUT2D eigenvalue weighted by Gasteiger charge is -2.32. The fourth-order valence-electron chi connectivity index (χ4n) is 2.64. The van der Waals surface area contributed by atoms with E-state index in [2.05, 4.69) is 24.4 Å². The van der Waals surface area contributed by atoms with Crippen molar-refractivity contribution in [2.75, 3.05) is 0 Å². The summed E-state index contributed by atoms with van der Waals surface area (Å²) < 4.78 is 0. The van der Waals surface area contributed by atoms with Crippen molar-refractivity contribution in [1.29, 1.82) is 0 Å². The van der Waals surface area contributed by atoms with E-state index >= 15 is 0 Å². The third-order valence-electron chi connectivity index (χ3n) is 3.65. The quantitative estimate of drug-likeness (QED) is 0.834. The molecule has 1 heterocycles. The van der Waals surface area contributed by atoms with Crippen LogP contribution >= 0.6 is 11.3 Å². The number of aryl methyl sites for hydroxylation is 1. The molecule has 1 saturated carbocycles. The molecular weight excluding hydrogens is 202 g/mol. The largest absolute Gasteiger partial charge is 0.327 e. The van der Waals surface area contributed by atoms with E-state index in [0.29, 0.717) is 6.04 Å². The molecule has 1 aliphatic carbocycles. The van der Waals surface area contributed by atoms with E-state index in [9.17, 15) is 0 Å². The van der Waals surface area contributed by atoms with Gasteiger partial charge in [-0.25, -0.2) is 0 Å². The topological polar surface area (TPSA) is 26.0 Å². The molecule has 1 aliphatic rings. The monoisotopic (exact) mass is 223 g/mol. The van der Waals surface area contributed by atoms with E-state index in [4.69, 9.17) is 5.73 Å². The van der Waals surface area contributed by atoms with Crippen molar-refractivity contribution in [1.82, 2.24) is 0 Å². The van der Waals surface area contributed by atoms with Crippen molar-refractivity contribution in [3.05, 3.63) is 22.4 Å². The normalized spacial score (nSPS) is 31.7. The van der Waals surface area contributed by atoms with Gasteiger partial charge in [0, 0.05) is 10.9 Å². The van der Waals surface area contributed by atoms with Gasteiger partial charge in [-0.05, 0) is 55.4 Å². The zero-order valence-corrected chi connectivity index (χ0v) is 10.3. The minimum atomic E-state index is 0.459. The molecule has 0 aromatic carbocycles. The van der Waals surface area contributed by atoms with Crippen LogP contribution in [0.5, 0.6) is 0 Å². The summed E-state index contributed by atoms with van der Waals surface area (Å²) in [4.78, 5) is 1.51. The first-order valence-electron chi connectivity index (χ1n) is 6.03. The predicted octanol–water partition coefficient (Wildman–Crippen LogP) is 3.44. The van der Waals surface area contributed by atoms with Crippen LogP contribution in [-0.4, -0.2) is 6.04 Å². The van der Waals surface area contributed by atoms with Gasteiger partial charge in [-0.3, -0.25) is 0 Å². The second kappa shape index (κ2) is 5.13. The van der Waals surface area contributed by atoms with Gasteiger partial charge >= 0.3 is 0 Å². The van der Waals surface area contributed by atoms with Gasteiger partial charge in [-0.15, -0.1) is 11.3 Å².